The molecule has 2 heterocycles. The van der Waals surface area contributed by atoms with Crippen molar-refractivity contribution in [1.29, 1.82) is 0 Å². The Morgan fingerprint density at radius 1 is 0.362 bits per heavy atom. The van der Waals surface area contributed by atoms with Crippen LogP contribution in [0.5, 0.6) is 0 Å². The van der Waals surface area contributed by atoms with Crippen molar-refractivity contribution in [2.45, 2.75) is 19.3 Å². The molecule has 1 aliphatic rings. The molecule has 12 rings (SSSR count). The van der Waals surface area contributed by atoms with Crippen LogP contribution in [0, 0.1) is 0 Å². The number of nitrogens with zero attached hydrogens (tertiary/aromatic N) is 2. The van der Waals surface area contributed by atoms with Crippen molar-refractivity contribution >= 4 is 64.1 Å². The molecule has 0 N–H and O–H groups in total. The Morgan fingerprint density at radius 2 is 0.862 bits per heavy atom. The number of benzene rings is 9. The van der Waals surface area contributed by atoms with E-state index in [1.807, 2.05) is 11.3 Å². The quantitative estimate of drug-likeness (QED) is 0.167. The number of hydrogen-bond acceptors (Lipinski definition) is 3. The van der Waals surface area contributed by atoms with Crippen molar-refractivity contribution in [1.82, 2.24) is 9.97 Å². The van der Waals surface area contributed by atoms with E-state index in [9.17, 15) is 0 Å². The Labute approximate surface area is 340 Å². The minimum absolute atomic E-state index is 0.161. The summed E-state index contributed by atoms with van der Waals surface area (Å²) in [5.41, 5.74) is 17.0. The van der Waals surface area contributed by atoms with Crippen molar-refractivity contribution < 1.29 is 0 Å². The van der Waals surface area contributed by atoms with Crippen LogP contribution in [0.4, 0.5) is 0 Å². The second-order valence-electron chi connectivity index (χ2n) is 16.1. The van der Waals surface area contributed by atoms with Gasteiger partial charge in [-0.1, -0.05) is 147 Å². The summed E-state index contributed by atoms with van der Waals surface area (Å²) in [4.78, 5) is 9.49. The molecule has 58 heavy (non-hydrogen) atoms. The maximum atomic E-state index is 4.77. The van der Waals surface area contributed by atoms with Crippen molar-refractivity contribution in [2.75, 3.05) is 0 Å². The van der Waals surface area contributed by atoms with E-state index >= 15 is 0 Å². The van der Waals surface area contributed by atoms with Gasteiger partial charge >= 0.3 is 0 Å². The van der Waals surface area contributed by atoms with Crippen molar-refractivity contribution in [3.8, 4) is 55.6 Å². The zero-order valence-electron chi connectivity index (χ0n) is 32.1. The molecule has 0 bridgehead atoms. The molecule has 2 aromatic heterocycles. The molecule has 0 aliphatic heterocycles. The lowest BCUT2D eigenvalue weighted by Crippen LogP contribution is -2.15. The summed E-state index contributed by atoms with van der Waals surface area (Å²) in [6.07, 6.45) is 3.58. The van der Waals surface area contributed by atoms with Gasteiger partial charge in [0.05, 0.1) is 11.0 Å². The molecule has 0 saturated heterocycles. The highest BCUT2D eigenvalue weighted by Gasteiger charge is 2.36. The Bertz CT molecular complexity index is 3460. The number of rotatable bonds is 4. The summed E-state index contributed by atoms with van der Waals surface area (Å²) >= 11 is 1.89. The first-order chi connectivity index (χ1) is 28.5. The van der Waals surface area contributed by atoms with Crippen LogP contribution in [0.1, 0.15) is 25.0 Å². The summed E-state index contributed by atoms with van der Waals surface area (Å²) in [5.74, 6) is 0. The smallest absolute Gasteiger partial charge is 0.0971 e. The van der Waals surface area contributed by atoms with E-state index < -0.39 is 0 Å². The van der Waals surface area contributed by atoms with Crippen LogP contribution in [0.2, 0.25) is 0 Å². The first-order valence-corrected chi connectivity index (χ1v) is 20.8. The lowest BCUT2D eigenvalue weighted by Gasteiger charge is -2.23. The summed E-state index contributed by atoms with van der Waals surface area (Å²) in [7, 11) is 0. The largest absolute Gasteiger partial charge is 0.252 e. The van der Waals surface area contributed by atoms with Gasteiger partial charge in [0.2, 0.25) is 0 Å². The van der Waals surface area contributed by atoms with Gasteiger partial charge in [0.1, 0.15) is 0 Å². The fraction of sp³-hybridized carbons (Fsp3) is 0.0545. The second kappa shape index (κ2) is 12.5. The van der Waals surface area contributed by atoms with Gasteiger partial charge in [-0.3, -0.25) is 9.97 Å². The Kier molecular flexibility index (Phi) is 7.18. The molecule has 9 aromatic carbocycles. The first kappa shape index (κ1) is 33.2. The zero-order chi connectivity index (χ0) is 38.5. The van der Waals surface area contributed by atoms with Gasteiger partial charge in [0, 0.05) is 48.8 Å². The minimum Gasteiger partial charge on any atom is -0.252 e. The maximum absolute atomic E-state index is 4.77. The SMILES string of the molecule is CC1(C)c2cc(-c3cccc(-c4cccc(-c5cccc6c5sc5ccccc56)c4)c3)ccc2-c2ccc(-c3ccc4c(c3)c3ccccc3c3nccnc43)cc21. The second-order valence-corrected chi connectivity index (χ2v) is 17.2. The Balaban J connectivity index is 0.895. The molecule has 11 aromatic rings. The molecule has 0 unspecified atom stereocenters. The highest BCUT2D eigenvalue weighted by molar-refractivity contribution is 7.26. The number of aromatic nitrogens is 2. The predicted octanol–water partition coefficient (Wildman–Crippen LogP) is 15.3. The zero-order valence-corrected chi connectivity index (χ0v) is 32.9. The minimum atomic E-state index is -0.161. The molecule has 0 atom stereocenters. The highest BCUT2D eigenvalue weighted by Crippen LogP contribution is 2.51. The Hall–Kier alpha value is -6.94. The molecule has 0 amide bonds. The predicted molar refractivity (Wildman–Crippen MR) is 247 cm³/mol. The first-order valence-electron chi connectivity index (χ1n) is 20.0. The molecule has 0 radical (unpaired) electrons. The summed E-state index contributed by atoms with van der Waals surface area (Å²) in [6, 6.07) is 63.0. The van der Waals surface area contributed by atoms with E-state index in [0.29, 0.717) is 0 Å². The average Bonchev–Trinajstić information content (AvgIpc) is 3.78. The molecule has 272 valence electrons. The van der Waals surface area contributed by atoms with Gasteiger partial charge in [0.15, 0.2) is 0 Å². The van der Waals surface area contributed by atoms with E-state index in [-0.39, 0.29) is 5.41 Å². The molecular formula is C55H36N2S. The Morgan fingerprint density at radius 3 is 1.55 bits per heavy atom. The van der Waals surface area contributed by atoms with E-state index in [1.165, 1.54) is 97.7 Å². The van der Waals surface area contributed by atoms with Gasteiger partial charge in [-0.05, 0) is 114 Å². The van der Waals surface area contributed by atoms with Gasteiger partial charge in [-0.15, -0.1) is 11.3 Å². The number of thiophene rings is 1. The highest BCUT2D eigenvalue weighted by atomic mass is 32.1. The normalized spacial score (nSPS) is 13.1. The number of hydrogen-bond donors (Lipinski definition) is 0. The van der Waals surface area contributed by atoms with Gasteiger partial charge < -0.3 is 0 Å². The lowest BCUT2D eigenvalue weighted by molar-refractivity contribution is 0.661. The fourth-order valence-electron chi connectivity index (χ4n) is 9.63. The summed E-state index contributed by atoms with van der Waals surface area (Å²) in [5, 5.41) is 7.34. The van der Waals surface area contributed by atoms with Crippen LogP contribution in [0.25, 0.3) is 108 Å². The standard InChI is InChI=1S/C55H36N2S/c1-55(2)49-31-37(34-11-7-10-33(28-34)35-12-8-13-39(29-35)40-17-9-18-47-44-15-5-6-19-51(44)58-54(40)47)20-23-42(49)43-24-21-38(32-50(43)55)36-22-25-46-48(30-36)41-14-3-4-16-45(41)52-53(46)57-27-26-56-52/h3-32H,1-2H3. The van der Waals surface area contributed by atoms with Crippen LogP contribution >= 0.6 is 11.3 Å². The van der Waals surface area contributed by atoms with Gasteiger partial charge in [0.25, 0.3) is 0 Å². The van der Waals surface area contributed by atoms with E-state index in [0.717, 1.165) is 21.8 Å². The molecule has 3 heteroatoms. The van der Waals surface area contributed by atoms with Crippen molar-refractivity contribution in [3.63, 3.8) is 0 Å². The molecular weight excluding hydrogens is 721 g/mol. The molecule has 2 nitrogen and oxygen atoms in total. The summed E-state index contributed by atoms with van der Waals surface area (Å²) < 4.78 is 2.68. The van der Waals surface area contributed by atoms with Crippen LogP contribution < -0.4 is 0 Å². The van der Waals surface area contributed by atoms with E-state index in [4.69, 9.17) is 9.97 Å². The van der Waals surface area contributed by atoms with Crippen molar-refractivity contribution in [2.24, 2.45) is 0 Å². The van der Waals surface area contributed by atoms with Crippen LogP contribution in [-0.4, -0.2) is 9.97 Å². The molecule has 1 aliphatic carbocycles. The fourth-order valence-corrected chi connectivity index (χ4v) is 10.9. The van der Waals surface area contributed by atoms with Crippen LogP contribution in [0.3, 0.4) is 0 Å². The van der Waals surface area contributed by atoms with E-state index in [2.05, 4.69) is 184 Å². The monoisotopic (exact) mass is 756 g/mol. The van der Waals surface area contributed by atoms with E-state index in [1.54, 1.807) is 12.4 Å². The van der Waals surface area contributed by atoms with Gasteiger partial charge in [-0.25, -0.2) is 0 Å². The lowest BCUT2D eigenvalue weighted by atomic mass is 9.80. The molecule has 0 saturated carbocycles. The summed E-state index contributed by atoms with van der Waals surface area (Å²) in [6.45, 7) is 4.76. The molecule has 0 spiro atoms. The average molecular weight is 757 g/mol. The van der Waals surface area contributed by atoms with Gasteiger partial charge in [-0.2, -0.15) is 0 Å². The third kappa shape index (κ3) is 4.97. The topological polar surface area (TPSA) is 25.8 Å². The molecule has 0 fully saturated rings. The third-order valence-corrected chi connectivity index (χ3v) is 13.8. The number of fused-ring (bicyclic) bond motifs is 12. The third-order valence-electron chi connectivity index (χ3n) is 12.6. The maximum Gasteiger partial charge on any atom is 0.0971 e. The van der Waals surface area contributed by atoms with Crippen molar-refractivity contribution in [3.05, 3.63) is 193 Å². The van der Waals surface area contributed by atoms with Crippen LogP contribution in [0.15, 0.2) is 182 Å². The van der Waals surface area contributed by atoms with Crippen LogP contribution in [-0.2, 0) is 5.41 Å².